The van der Waals surface area contributed by atoms with E-state index in [9.17, 15) is 4.39 Å². The third-order valence-corrected chi connectivity index (χ3v) is 1.90. The molecule has 1 nitrogen and oxygen atoms in total. The molecule has 0 radical (unpaired) electrons. The van der Waals surface area contributed by atoms with Gasteiger partial charge in [0.25, 0.3) is 0 Å². The van der Waals surface area contributed by atoms with Gasteiger partial charge in [-0.05, 0) is 24.1 Å². The molecule has 1 aromatic rings. The number of aryl methyl sites for hydroxylation is 1. The molecule has 1 fully saturated rings. The van der Waals surface area contributed by atoms with Gasteiger partial charge >= 0.3 is 0 Å². The molecule has 2 rings (SSSR count). The van der Waals surface area contributed by atoms with E-state index in [-0.39, 0.29) is 11.9 Å². The lowest BCUT2D eigenvalue weighted by atomic mass is 10.1. The molecule has 1 heterocycles. The van der Waals surface area contributed by atoms with E-state index in [4.69, 9.17) is 4.74 Å². The molecular weight excluding hydrogens is 143 g/mol. The Morgan fingerprint density at radius 3 is 2.82 bits per heavy atom. The van der Waals surface area contributed by atoms with Crippen LogP contribution in [-0.4, -0.2) is 6.61 Å². The summed E-state index contributed by atoms with van der Waals surface area (Å²) >= 11 is 0. The molecule has 1 aliphatic heterocycles. The van der Waals surface area contributed by atoms with Gasteiger partial charge in [-0.25, -0.2) is 4.39 Å². The summed E-state index contributed by atoms with van der Waals surface area (Å²) in [4.78, 5) is 0. The van der Waals surface area contributed by atoms with Crippen LogP contribution in [0.4, 0.5) is 4.39 Å². The summed E-state index contributed by atoms with van der Waals surface area (Å²) in [7, 11) is 0. The topological polar surface area (TPSA) is 12.5 Å². The third kappa shape index (κ3) is 1.26. The monoisotopic (exact) mass is 152 g/mol. The summed E-state index contributed by atoms with van der Waals surface area (Å²) in [5.41, 5.74) is 1.64. The van der Waals surface area contributed by atoms with E-state index in [1.807, 2.05) is 6.07 Å². The fourth-order valence-electron chi connectivity index (χ4n) is 1.05. The van der Waals surface area contributed by atoms with Crippen LogP contribution < -0.4 is 0 Å². The molecule has 0 bridgehead atoms. The molecule has 0 spiro atoms. The second kappa shape index (κ2) is 2.31. The predicted molar refractivity (Wildman–Crippen MR) is 39.8 cm³/mol. The molecule has 2 heteroatoms. The SMILES string of the molecule is Cc1ccc([C@@H]2CO2)cc1F. The van der Waals surface area contributed by atoms with Crippen molar-refractivity contribution in [2.75, 3.05) is 6.61 Å². The Hall–Kier alpha value is -0.890. The van der Waals surface area contributed by atoms with Gasteiger partial charge in [0.1, 0.15) is 11.9 Å². The first-order valence-electron chi connectivity index (χ1n) is 3.65. The van der Waals surface area contributed by atoms with Crippen molar-refractivity contribution in [2.45, 2.75) is 13.0 Å². The number of hydrogen-bond donors (Lipinski definition) is 0. The minimum atomic E-state index is -0.141. The van der Waals surface area contributed by atoms with Crippen LogP contribution in [0.2, 0.25) is 0 Å². The van der Waals surface area contributed by atoms with Crippen molar-refractivity contribution < 1.29 is 9.13 Å². The number of ether oxygens (including phenoxy) is 1. The first kappa shape index (κ1) is 6.80. The van der Waals surface area contributed by atoms with E-state index in [0.717, 1.165) is 12.2 Å². The summed E-state index contributed by atoms with van der Waals surface area (Å²) in [6.45, 7) is 2.50. The molecule has 0 amide bonds. The molecule has 1 saturated heterocycles. The number of rotatable bonds is 1. The Kier molecular flexibility index (Phi) is 1.43. The molecule has 0 N–H and O–H groups in total. The first-order chi connectivity index (χ1) is 5.27. The van der Waals surface area contributed by atoms with Crippen LogP contribution in [0.5, 0.6) is 0 Å². The van der Waals surface area contributed by atoms with Gasteiger partial charge in [0.05, 0.1) is 6.61 Å². The van der Waals surface area contributed by atoms with Crippen LogP contribution in [0, 0.1) is 12.7 Å². The molecule has 11 heavy (non-hydrogen) atoms. The van der Waals surface area contributed by atoms with E-state index >= 15 is 0 Å². The van der Waals surface area contributed by atoms with Crippen molar-refractivity contribution in [3.8, 4) is 0 Å². The zero-order valence-corrected chi connectivity index (χ0v) is 6.30. The van der Waals surface area contributed by atoms with Crippen molar-refractivity contribution in [3.63, 3.8) is 0 Å². The zero-order valence-electron chi connectivity index (χ0n) is 6.30. The van der Waals surface area contributed by atoms with Crippen molar-refractivity contribution >= 4 is 0 Å². The van der Waals surface area contributed by atoms with Crippen molar-refractivity contribution in [1.82, 2.24) is 0 Å². The average Bonchev–Trinajstić information content (AvgIpc) is 2.77. The van der Waals surface area contributed by atoms with Gasteiger partial charge in [0, 0.05) is 0 Å². The average molecular weight is 152 g/mol. The Labute approximate surface area is 64.8 Å². The van der Waals surface area contributed by atoms with Crippen molar-refractivity contribution in [3.05, 3.63) is 35.1 Å². The van der Waals surface area contributed by atoms with Gasteiger partial charge in [-0.3, -0.25) is 0 Å². The van der Waals surface area contributed by atoms with Gasteiger partial charge in [0.15, 0.2) is 0 Å². The highest BCUT2D eigenvalue weighted by Gasteiger charge is 2.24. The maximum Gasteiger partial charge on any atom is 0.126 e. The predicted octanol–water partition coefficient (Wildman–Crippen LogP) is 2.21. The number of halogens is 1. The molecule has 58 valence electrons. The molecular formula is C9H9FO. The minimum absolute atomic E-state index is 0.141. The van der Waals surface area contributed by atoms with Crippen LogP contribution in [0.3, 0.4) is 0 Å². The highest BCUT2D eigenvalue weighted by atomic mass is 19.1. The van der Waals surface area contributed by atoms with E-state index < -0.39 is 0 Å². The lowest BCUT2D eigenvalue weighted by Crippen LogP contribution is -1.86. The summed E-state index contributed by atoms with van der Waals surface area (Å²) in [5, 5.41) is 0. The standard InChI is InChI=1S/C9H9FO/c1-6-2-3-7(4-8(6)10)9-5-11-9/h2-4,9H,5H2,1H3/t9-/m0/s1. The van der Waals surface area contributed by atoms with E-state index in [1.54, 1.807) is 19.1 Å². The third-order valence-electron chi connectivity index (χ3n) is 1.90. The van der Waals surface area contributed by atoms with E-state index in [1.165, 1.54) is 0 Å². The maximum atomic E-state index is 12.9. The van der Waals surface area contributed by atoms with Gasteiger partial charge in [-0.15, -0.1) is 0 Å². The molecule has 1 atom stereocenters. The number of hydrogen-bond acceptors (Lipinski definition) is 1. The first-order valence-corrected chi connectivity index (χ1v) is 3.65. The molecule has 1 aromatic carbocycles. The second-order valence-electron chi connectivity index (χ2n) is 2.83. The lowest BCUT2D eigenvalue weighted by Gasteiger charge is -1.98. The molecule has 1 aliphatic rings. The summed E-state index contributed by atoms with van der Waals surface area (Å²) in [5.74, 6) is -0.141. The smallest absolute Gasteiger partial charge is 0.126 e. The van der Waals surface area contributed by atoms with Crippen molar-refractivity contribution in [1.29, 1.82) is 0 Å². The highest BCUT2D eigenvalue weighted by molar-refractivity contribution is 5.26. The molecule has 0 unspecified atom stereocenters. The number of epoxide rings is 1. The van der Waals surface area contributed by atoms with Crippen LogP contribution >= 0.6 is 0 Å². The van der Waals surface area contributed by atoms with E-state index in [0.29, 0.717) is 5.56 Å². The van der Waals surface area contributed by atoms with Gasteiger partial charge < -0.3 is 4.74 Å². The van der Waals surface area contributed by atoms with Gasteiger partial charge in [0.2, 0.25) is 0 Å². The normalized spacial score (nSPS) is 21.8. The van der Waals surface area contributed by atoms with Crippen molar-refractivity contribution in [2.24, 2.45) is 0 Å². The molecule has 0 aromatic heterocycles. The van der Waals surface area contributed by atoms with Crippen LogP contribution in [0.25, 0.3) is 0 Å². The van der Waals surface area contributed by atoms with Gasteiger partial charge in [-0.1, -0.05) is 12.1 Å². The van der Waals surface area contributed by atoms with Crippen LogP contribution in [-0.2, 0) is 4.74 Å². The Morgan fingerprint density at radius 2 is 2.27 bits per heavy atom. The quantitative estimate of drug-likeness (QED) is 0.562. The maximum absolute atomic E-state index is 12.9. The fourth-order valence-corrected chi connectivity index (χ4v) is 1.05. The lowest BCUT2D eigenvalue weighted by molar-refractivity contribution is 0.414. The van der Waals surface area contributed by atoms with Crippen LogP contribution in [0.15, 0.2) is 18.2 Å². The Morgan fingerprint density at radius 1 is 1.55 bits per heavy atom. The Bertz CT molecular complexity index is 279. The summed E-state index contributed by atoms with van der Waals surface area (Å²) < 4.78 is 17.9. The Balaban J connectivity index is 2.36. The number of benzene rings is 1. The highest BCUT2D eigenvalue weighted by Crippen LogP contribution is 2.30. The molecule has 0 saturated carbocycles. The van der Waals surface area contributed by atoms with E-state index in [2.05, 4.69) is 0 Å². The largest absolute Gasteiger partial charge is 0.368 e. The zero-order chi connectivity index (χ0) is 7.84. The molecule has 0 aliphatic carbocycles. The summed E-state index contributed by atoms with van der Waals surface area (Å²) in [6, 6.07) is 5.25. The summed E-state index contributed by atoms with van der Waals surface area (Å²) in [6.07, 6.45) is 0.157. The van der Waals surface area contributed by atoms with Crippen LogP contribution in [0.1, 0.15) is 17.2 Å². The fraction of sp³-hybridized carbons (Fsp3) is 0.333. The van der Waals surface area contributed by atoms with Gasteiger partial charge in [-0.2, -0.15) is 0 Å². The minimum Gasteiger partial charge on any atom is -0.368 e. The second-order valence-corrected chi connectivity index (χ2v) is 2.83.